The van der Waals surface area contributed by atoms with Crippen molar-refractivity contribution in [3.05, 3.63) is 18.2 Å². The minimum atomic E-state index is -0.111. The summed E-state index contributed by atoms with van der Waals surface area (Å²) >= 11 is 0. The van der Waals surface area contributed by atoms with E-state index in [4.69, 9.17) is 4.74 Å². The molecule has 1 unspecified atom stereocenters. The van der Waals surface area contributed by atoms with Gasteiger partial charge in [0, 0.05) is 26.0 Å². The Morgan fingerprint density at radius 3 is 2.71 bits per heavy atom. The van der Waals surface area contributed by atoms with Crippen LogP contribution in [-0.2, 0) is 11.3 Å². The van der Waals surface area contributed by atoms with E-state index in [1.54, 1.807) is 0 Å². The van der Waals surface area contributed by atoms with Gasteiger partial charge in [-0.25, -0.2) is 4.98 Å². The molecule has 1 saturated carbocycles. The molecular formula is C17H31N3O. The third kappa shape index (κ3) is 3.49. The quantitative estimate of drug-likeness (QED) is 0.836. The molecule has 0 spiro atoms. The van der Waals surface area contributed by atoms with Crippen molar-refractivity contribution in [3.8, 4) is 0 Å². The van der Waals surface area contributed by atoms with Gasteiger partial charge in [-0.05, 0) is 51.5 Å². The number of aryl methyl sites for hydroxylation is 1. The minimum absolute atomic E-state index is 0.111. The molecule has 0 saturated heterocycles. The molecule has 120 valence electrons. The second-order valence-corrected chi connectivity index (χ2v) is 6.41. The lowest BCUT2D eigenvalue weighted by molar-refractivity contribution is -0.0786. The van der Waals surface area contributed by atoms with Gasteiger partial charge >= 0.3 is 0 Å². The maximum Gasteiger partial charge on any atom is 0.128 e. The van der Waals surface area contributed by atoms with E-state index in [1.165, 1.54) is 12.8 Å². The van der Waals surface area contributed by atoms with Crippen LogP contribution >= 0.6 is 0 Å². The Morgan fingerprint density at radius 2 is 2.14 bits per heavy atom. The van der Waals surface area contributed by atoms with Crippen molar-refractivity contribution in [3.63, 3.8) is 0 Å². The Labute approximate surface area is 129 Å². The van der Waals surface area contributed by atoms with Crippen LogP contribution in [0.4, 0.5) is 0 Å². The zero-order valence-electron chi connectivity index (χ0n) is 14.1. The molecule has 1 aliphatic rings. The van der Waals surface area contributed by atoms with Crippen LogP contribution in [0.15, 0.2) is 12.4 Å². The van der Waals surface area contributed by atoms with E-state index in [2.05, 4.69) is 41.8 Å². The summed E-state index contributed by atoms with van der Waals surface area (Å²) < 4.78 is 8.34. The first-order valence-electron chi connectivity index (χ1n) is 8.46. The number of hydrogen-bond acceptors (Lipinski definition) is 3. The Bertz CT molecular complexity index is 421. The fourth-order valence-electron chi connectivity index (χ4n) is 3.51. The topological polar surface area (TPSA) is 39.1 Å². The highest BCUT2D eigenvalue weighted by Crippen LogP contribution is 2.42. The van der Waals surface area contributed by atoms with E-state index in [0.717, 1.165) is 44.1 Å². The largest absolute Gasteiger partial charge is 0.376 e. The molecule has 0 amide bonds. The van der Waals surface area contributed by atoms with Crippen molar-refractivity contribution in [1.82, 2.24) is 14.9 Å². The number of methoxy groups -OCH3 is 1. The van der Waals surface area contributed by atoms with Crippen LogP contribution in [0.3, 0.4) is 0 Å². The SMILES string of the molecule is CCCNC(c1nccn1CC)C1(OC)CCC(C)CC1. The maximum atomic E-state index is 6.09. The van der Waals surface area contributed by atoms with Gasteiger partial charge in [-0.2, -0.15) is 0 Å². The van der Waals surface area contributed by atoms with Crippen LogP contribution in [-0.4, -0.2) is 28.8 Å². The molecule has 1 N–H and O–H groups in total. The Morgan fingerprint density at radius 1 is 1.43 bits per heavy atom. The third-order valence-electron chi connectivity index (χ3n) is 5.00. The van der Waals surface area contributed by atoms with Gasteiger partial charge in [-0.3, -0.25) is 0 Å². The molecule has 4 nitrogen and oxygen atoms in total. The lowest BCUT2D eigenvalue weighted by Crippen LogP contribution is -2.49. The average molecular weight is 293 g/mol. The summed E-state index contributed by atoms with van der Waals surface area (Å²) in [4.78, 5) is 4.65. The number of rotatable bonds is 7. The standard InChI is InChI=1S/C17H31N3O/c1-5-11-18-15(16-19-12-13-20(16)6-2)17(21-4)9-7-14(3)8-10-17/h12-15,18H,5-11H2,1-4H3. The van der Waals surface area contributed by atoms with Gasteiger partial charge < -0.3 is 14.6 Å². The van der Waals surface area contributed by atoms with Crippen LogP contribution in [0.25, 0.3) is 0 Å². The summed E-state index contributed by atoms with van der Waals surface area (Å²) in [7, 11) is 1.87. The monoisotopic (exact) mass is 293 g/mol. The van der Waals surface area contributed by atoms with Crippen molar-refractivity contribution in [1.29, 1.82) is 0 Å². The van der Waals surface area contributed by atoms with Gasteiger partial charge in [0.05, 0.1) is 11.6 Å². The van der Waals surface area contributed by atoms with Crippen molar-refractivity contribution >= 4 is 0 Å². The first-order chi connectivity index (χ1) is 10.2. The highest BCUT2D eigenvalue weighted by atomic mass is 16.5. The van der Waals surface area contributed by atoms with Gasteiger partial charge in [-0.1, -0.05) is 13.8 Å². The van der Waals surface area contributed by atoms with Crippen LogP contribution in [0.5, 0.6) is 0 Å². The highest BCUT2D eigenvalue weighted by Gasteiger charge is 2.43. The Hall–Kier alpha value is -0.870. The van der Waals surface area contributed by atoms with E-state index < -0.39 is 0 Å². The van der Waals surface area contributed by atoms with Crippen LogP contribution in [0, 0.1) is 5.92 Å². The lowest BCUT2D eigenvalue weighted by atomic mass is 9.75. The molecule has 0 aliphatic heterocycles. The fourth-order valence-corrected chi connectivity index (χ4v) is 3.51. The van der Waals surface area contributed by atoms with Crippen molar-refractivity contribution in [2.24, 2.45) is 5.92 Å². The minimum Gasteiger partial charge on any atom is -0.376 e. The van der Waals surface area contributed by atoms with Crippen molar-refractivity contribution in [2.45, 2.75) is 71.1 Å². The molecular weight excluding hydrogens is 262 g/mol. The van der Waals surface area contributed by atoms with E-state index in [0.29, 0.717) is 0 Å². The average Bonchev–Trinajstić information content (AvgIpc) is 2.98. The Kier molecular flexibility index (Phi) is 5.82. The number of nitrogens with zero attached hydrogens (tertiary/aromatic N) is 2. The summed E-state index contributed by atoms with van der Waals surface area (Å²) in [5, 5.41) is 3.71. The van der Waals surface area contributed by atoms with E-state index in [1.807, 2.05) is 13.3 Å². The van der Waals surface area contributed by atoms with Crippen LogP contribution in [0.2, 0.25) is 0 Å². The molecule has 1 aliphatic carbocycles. The molecule has 1 heterocycles. The number of ether oxygens (including phenoxy) is 1. The van der Waals surface area contributed by atoms with Gasteiger partial charge in [0.25, 0.3) is 0 Å². The molecule has 1 atom stereocenters. The van der Waals surface area contributed by atoms with Gasteiger partial charge in [0.1, 0.15) is 5.82 Å². The zero-order chi connectivity index (χ0) is 15.3. The lowest BCUT2D eigenvalue weighted by Gasteiger charge is -2.44. The van der Waals surface area contributed by atoms with Crippen LogP contribution < -0.4 is 5.32 Å². The predicted molar refractivity (Wildman–Crippen MR) is 86.3 cm³/mol. The van der Waals surface area contributed by atoms with Crippen LogP contribution in [0.1, 0.15) is 64.7 Å². The second kappa shape index (κ2) is 7.41. The smallest absolute Gasteiger partial charge is 0.128 e. The summed E-state index contributed by atoms with van der Waals surface area (Å²) in [6.45, 7) is 8.68. The predicted octanol–water partition coefficient (Wildman–Crippen LogP) is 3.54. The maximum absolute atomic E-state index is 6.09. The summed E-state index contributed by atoms with van der Waals surface area (Å²) in [5.41, 5.74) is -0.111. The number of nitrogens with one attached hydrogen (secondary N) is 1. The molecule has 21 heavy (non-hydrogen) atoms. The Balaban J connectivity index is 2.29. The number of hydrogen-bond donors (Lipinski definition) is 1. The first kappa shape index (κ1) is 16.5. The summed E-state index contributed by atoms with van der Waals surface area (Å²) in [6.07, 6.45) is 9.82. The molecule has 1 fully saturated rings. The highest BCUT2D eigenvalue weighted by molar-refractivity contribution is 5.09. The van der Waals surface area contributed by atoms with E-state index in [-0.39, 0.29) is 11.6 Å². The molecule has 1 aromatic rings. The second-order valence-electron chi connectivity index (χ2n) is 6.41. The van der Waals surface area contributed by atoms with Gasteiger partial charge in [0.15, 0.2) is 0 Å². The molecule has 0 bridgehead atoms. The molecule has 4 heteroatoms. The van der Waals surface area contributed by atoms with Crippen molar-refractivity contribution < 1.29 is 4.74 Å². The van der Waals surface area contributed by atoms with Gasteiger partial charge in [0.2, 0.25) is 0 Å². The molecule has 0 radical (unpaired) electrons. The third-order valence-corrected chi connectivity index (χ3v) is 5.00. The summed E-state index contributed by atoms with van der Waals surface area (Å²) in [6, 6.07) is 0.185. The molecule has 2 rings (SSSR count). The van der Waals surface area contributed by atoms with E-state index in [9.17, 15) is 0 Å². The molecule has 1 aromatic heterocycles. The molecule has 0 aromatic carbocycles. The zero-order valence-corrected chi connectivity index (χ0v) is 14.1. The normalized spacial score (nSPS) is 27.7. The first-order valence-corrected chi connectivity index (χ1v) is 8.46. The number of aromatic nitrogens is 2. The summed E-state index contributed by atoms with van der Waals surface area (Å²) in [5.74, 6) is 1.94. The van der Waals surface area contributed by atoms with Crippen molar-refractivity contribution in [2.75, 3.05) is 13.7 Å². The fraction of sp³-hybridized carbons (Fsp3) is 0.824. The van der Waals surface area contributed by atoms with Gasteiger partial charge in [-0.15, -0.1) is 0 Å². The number of imidazole rings is 1. The van der Waals surface area contributed by atoms with E-state index >= 15 is 0 Å².